The van der Waals surface area contributed by atoms with Crippen LogP contribution >= 0.6 is 0 Å². The van der Waals surface area contributed by atoms with Gasteiger partial charge in [0.2, 0.25) is 0 Å². The summed E-state index contributed by atoms with van der Waals surface area (Å²) in [5.41, 5.74) is 3.30. The van der Waals surface area contributed by atoms with Crippen molar-refractivity contribution >= 4 is 16.7 Å². The number of hydrogen-bond acceptors (Lipinski definition) is 4. The third-order valence-corrected chi connectivity index (χ3v) is 5.56. The van der Waals surface area contributed by atoms with Gasteiger partial charge in [0.15, 0.2) is 0 Å². The van der Waals surface area contributed by atoms with Crippen molar-refractivity contribution in [2.45, 2.75) is 38.8 Å². The lowest BCUT2D eigenvalue weighted by molar-refractivity contribution is 0.266. The van der Waals surface area contributed by atoms with Crippen LogP contribution in [-0.4, -0.2) is 31.1 Å². The molecule has 1 unspecified atom stereocenters. The number of furan rings is 1. The van der Waals surface area contributed by atoms with Crippen LogP contribution < -0.4 is 10.1 Å². The molecule has 1 saturated heterocycles. The Morgan fingerprint density at radius 1 is 1.15 bits per heavy atom. The molecule has 27 heavy (non-hydrogen) atoms. The van der Waals surface area contributed by atoms with E-state index in [-0.39, 0.29) is 0 Å². The molecule has 0 bridgehead atoms. The number of benzene rings is 2. The lowest BCUT2D eigenvalue weighted by Gasteiger charge is -2.19. The number of ether oxygens (including phenoxy) is 1. The Morgan fingerprint density at radius 2 is 2.00 bits per heavy atom. The maximum atomic E-state index is 6.04. The number of rotatable bonds is 7. The van der Waals surface area contributed by atoms with Crippen molar-refractivity contribution in [3.05, 3.63) is 59.9 Å². The minimum absolute atomic E-state index is 0.711. The zero-order valence-corrected chi connectivity index (χ0v) is 16.2. The molecule has 0 spiro atoms. The molecule has 4 nitrogen and oxygen atoms in total. The Kier molecular flexibility index (Phi) is 5.35. The molecule has 0 amide bonds. The topological polar surface area (TPSA) is 37.6 Å². The van der Waals surface area contributed by atoms with Crippen LogP contribution in [0.3, 0.4) is 0 Å². The van der Waals surface area contributed by atoms with Crippen molar-refractivity contribution in [1.82, 2.24) is 4.90 Å². The Hall–Kier alpha value is -2.46. The van der Waals surface area contributed by atoms with Crippen molar-refractivity contribution in [3.63, 3.8) is 0 Å². The quantitative estimate of drug-likeness (QED) is 0.634. The molecule has 0 radical (unpaired) electrons. The molecule has 1 atom stereocenters. The van der Waals surface area contributed by atoms with E-state index in [1.54, 1.807) is 7.11 Å². The number of anilines is 1. The van der Waals surface area contributed by atoms with Crippen LogP contribution in [0.4, 0.5) is 5.69 Å². The summed E-state index contributed by atoms with van der Waals surface area (Å²) in [6.45, 7) is 5.42. The first-order chi connectivity index (χ1) is 13.2. The van der Waals surface area contributed by atoms with Gasteiger partial charge in [-0.1, -0.05) is 12.1 Å². The smallest absolute Gasteiger partial charge is 0.134 e. The van der Waals surface area contributed by atoms with Crippen LogP contribution in [0, 0.1) is 0 Å². The van der Waals surface area contributed by atoms with E-state index in [9.17, 15) is 0 Å². The molecule has 0 aliphatic carbocycles. The highest BCUT2D eigenvalue weighted by molar-refractivity contribution is 5.81. The maximum Gasteiger partial charge on any atom is 0.134 e. The highest BCUT2D eigenvalue weighted by atomic mass is 16.5. The second-order valence-electron chi connectivity index (χ2n) is 7.44. The van der Waals surface area contributed by atoms with E-state index in [2.05, 4.69) is 53.5 Å². The standard InChI is InChI=1S/C23H28N2O2/c1-17-4-3-12-25(17)13-11-22-15-19-14-20(7-10-23(19)27-22)24-16-18-5-8-21(26-2)9-6-18/h5-10,14-15,17,24H,3-4,11-13,16H2,1-2H3. The fourth-order valence-electron chi connectivity index (χ4n) is 3.86. The average Bonchev–Trinajstić information content (AvgIpc) is 3.30. The van der Waals surface area contributed by atoms with Gasteiger partial charge in [-0.25, -0.2) is 0 Å². The second-order valence-corrected chi connectivity index (χ2v) is 7.44. The summed E-state index contributed by atoms with van der Waals surface area (Å²) in [6.07, 6.45) is 3.63. The molecule has 1 N–H and O–H groups in total. The van der Waals surface area contributed by atoms with Gasteiger partial charge in [-0.15, -0.1) is 0 Å². The Morgan fingerprint density at radius 3 is 2.74 bits per heavy atom. The predicted octanol–water partition coefficient (Wildman–Crippen LogP) is 5.08. The van der Waals surface area contributed by atoms with Gasteiger partial charge in [0.1, 0.15) is 17.1 Å². The lowest BCUT2D eigenvalue weighted by atomic mass is 10.2. The summed E-state index contributed by atoms with van der Waals surface area (Å²) in [4.78, 5) is 2.56. The number of fused-ring (bicyclic) bond motifs is 1. The number of hydrogen-bond donors (Lipinski definition) is 1. The minimum atomic E-state index is 0.711. The van der Waals surface area contributed by atoms with Gasteiger partial charge >= 0.3 is 0 Å². The molecular weight excluding hydrogens is 336 g/mol. The van der Waals surface area contributed by atoms with Gasteiger partial charge in [0, 0.05) is 36.6 Å². The molecule has 4 rings (SSSR count). The van der Waals surface area contributed by atoms with Crippen molar-refractivity contribution in [1.29, 1.82) is 0 Å². The predicted molar refractivity (Wildman–Crippen MR) is 111 cm³/mol. The summed E-state index contributed by atoms with van der Waals surface area (Å²) in [5.74, 6) is 1.96. The molecular formula is C23H28N2O2. The minimum Gasteiger partial charge on any atom is -0.497 e. The third kappa shape index (κ3) is 4.28. The second kappa shape index (κ2) is 8.05. The van der Waals surface area contributed by atoms with Gasteiger partial charge in [-0.05, 0) is 68.3 Å². The zero-order chi connectivity index (χ0) is 18.6. The number of nitrogens with zero attached hydrogens (tertiary/aromatic N) is 1. The van der Waals surface area contributed by atoms with Gasteiger partial charge < -0.3 is 19.4 Å². The van der Waals surface area contributed by atoms with E-state index in [4.69, 9.17) is 9.15 Å². The van der Waals surface area contributed by atoms with Crippen LogP contribution in [0.1, 0.15) is 31.1 Å². The van der Waals surface area contributed by atoms with E-state index in [1.165, 1.54) is 30.3 Å². The Labute approximate surface area is 161 Å². The van der Waals surface area contributed by atoms with Gasteiger partial charge in [-0.2, -0.15) is 0 Å². The fourth-order valence-corrected chi connectivity index (χ4v) is 3.86. The molecule has 1 aromatic heterocycles. The summed E-state index contributed by atoms with van der Waals surface area (Å²) in [5, 5.41) is 4.66. The van der Waals surface area contributed by atoms with E-state index in [1.807, 2.05) is 12.1 Å². The van der Waals surface area contributed by atoms with E-state index in [0.29, 0.717) is 6.04 Å². The molecule has 2 aromatic carbocycles. The summed E-state index contributed by atoms with van der Waals surface area (Å²) in [7, 11) is 1.69. The largest absolute Gasteiger partial charge is 0.497 e. The van der Waals surface area contributed by atoms with E-state index < -0.39 is 0 Å². The first-order valence-corrected chi connectivity index (χ1v) is 9.84. The third-order valence-electron chi connectivity index (χ3n) is 5.56. The van der Waals surface area contributed by atoms with Crippen LogP contribution in [0.25, 0.3) is 11.0 Å². The normalized spacial score (nSPS) is 17.5. The highest BCUT2D eigenvalue weighted by Crippen LogP contribution is 2.25. The first kappa shape index (κ1) is 17.9. The Bertz CT molecular complexity index is 885. The molecule has 4 heteroatoms. The lowest BCUT2D eigenvalue weighted by Crippen LogP contribution is -2.28. The monoisotopic (exact) mass is 364 g/mol. The molecule has 1 aliphatic rings. The van der Waals surface area contributed by atoms with Crippen LogP contribution in [0.15, 0.2) is 52.9 Å². The summed E-state index contributed by atoms with van der Waals surface area (Å²) < 4.78 is 11.2. The maximum absolute atomic E-state index is 6.04. The van der Waals surface area contributed by atoms with Crippen molar-refractivity contribution < 1.29 is 9.15 Å². The molecule has 1 fully saturated rings. The molecule has 1 aliphatic heterocycles. The average molecular weight is 364 g/mol. The van der Waals surface area contributed by atoms with Crippen molar-refractivity contribution in [2.75, 3.05) is 25.5 Å². The molecule has 2 heterocycles. The van der Waals surface area contributed by atoms with Gasteiger partial charge in [0.05, 0.1) is 7.11 Å². The molecule has 0 saturated carbocycles. The van der Waals surface area contributed by atoms with Gasteiger partial charge in [-0.3, -0.25) is 0 Å². The van der Waals surface area contributed by atoms with Crippen LogP contribution in [-0.2, 0) is 13.0 Å². The van der Waals surface area contributed by atoms with Gasteiger partial charge in [0.25, 0.3) is 0 Å². The fraction of sp³-hybridized carbons (Fsp3) is 0.391. The number of likely N-dealkylation sites (tertiary alicyclic amines) is 1. The van der Waals surface area contributed by atoms with Crippen LogP contribution in [0.5, 0.6) is 5.75 Å². The zero-order valence-electron chi connectivity index (χ0n) is 16.2. The van der Waals surface area contributed by atoms with E-state index >= 15 is 0 Å². The first-order valence-electron chi connectivity index (χ1n) is 9.84. The van der Waals surface area contributed by atoms with Crippen molar-refractivity contribution in [2.24, 2.45) is 0 Å². The summed E-state index contributed by atoms with van der Waals surface area (Å²) in [6, 6.07) is 17.4. The Balaban J connectivity index is 1.38. The number of nitrogens with one attached hydrogen (secondary N) is 1. The molecule has 142 valence electrons. The summed E-state index contributed by atoms with van der Waals surface area (Å²) >= 11 is 0. The molecule has 3 aromatic rings. The number of methoxy groups -OCH3 is 1. The van der Waals surface area contributed by atoms with E-state index in [0.717, 1.165) is 42.3 Å². The van der Waals surface area contributed by atoms with Crippen molar-refractivity contribution in [3.8, 4) is 5.75 Å². The SMILES string of the molecule is COc1ccc(CNc2ccc3oc(CCN4CCCC4C)cc3c2)cc1. The van der Waals surface area contributed by atoms with Crippen LogP contribution in [0.2, 0.25) is 0 Å². The highest BCUT2D eigenvalue weighted by Gasteiger charge is 2.20.